The van der Waals surface area contributed by atoms with Crippen LogP contribution in [0, 0.1) is 13.8 Å². The monoisotopic (exact) mass is 659 g/mol. The van der Waals surface area contributed by atoms with E-state index in [0.29, 0.717) is 32.7 Å². The van der Waals surface area contributed by atoms with Gasteiger partial charge in [0.05, 0.1) is 17.3 Å². The lowest BCUT2D eigenvalue weighted by molar-refractivity contribution is -0.132. The first-order chi connectivity index (χ1) is 22.9. The molecule has 9 nitrogen and oxygen atoms in total. The largest absolute Gasteiger partial charge is 0.505 e. The number of ether oxygens (including phenoxy) is 1. The number of carbonyl (C=O) groups excluding carboxylic acids is 2. The van der Waals surface area contributed by atoms with E-state index in [1.165, 1.54) is 28.0 Å². The number of hydrogen-bond donors (Lipinski definition) is 1. The van der Waals surface area contributed by atoms with Crippen LogP contribution in [0.3, 0.4) is 0 Å². The minimum absolute atomic E-state index is 0.0832. The van der Waals surface area contributed by atoms with Gasteiger partial charge in [-0.05, 0) is 59.5 Å². The highest BCUT2D eigenvalue weighted by Crippen LogP contribution is 2.45. The number of Topliss-reactive ketones (excluding diaryl/α,β-unsaturated/α-hetero) is 1. The molecule has 1 N–H and O–H groups in total. The van der Waals surface area contributed by atoms with Crippen LogP contribution in [0.15, 0.2) is 108 Å². The van der Waals surface area contributed by atoms with Crippen molar-refractivity contribution in [3.63, 3.8) is 0 Å². The standard InChI is InChI=1S/C36H29N5O4S2/c1-4-18-45-26-15-8-13-24(19-26)30-28(31(42)29-22(3)40-17-9-10-21(2)33(40)37-29)32(43)34(44)41(30)35-38-39-36(47-35)46-20-25-14-7-12-23-11-5-6-16-27(23)25/h4-17,19,30,42H,1,18,20H2,2-3H3/b31-28+. The highest BCUT2D eigenvalue weighted by atomic mass is 32.2. The molecule has 47 heavy (non-hydrogen) atoms. The van der Waals surface area contributed by atoms with Crippen LogP contribution in [0.4, 0.5) is 5.13 Å². The van der Waals surface area contributed by atoms with Gasteiger partial charge in [0.25, 0.3) is 5.78 Å². The van der Waals surface area contributed by atoms with Crippen molar-refractivity contribution < 1.29 is 19.4 Å². The molecule has 1 aliphatic heterocycles. The molecule has 0 aliphatic carbocycles. The van der Waals surface area contributed by atoms with Gasteiger partial charge in [-0.1, -0.05) is 96.4 Å². The third-order valence-electron chi connectivity index (χ3n) is 8.13. The van der Waals surface area contributed by atoms with E-state index in [9.17, 15) is 14.7 Å². The van der Waals surface area contributed by atoms with Gasteiger partial charge < -0.3 is 14.2 Å². The summed E-state index contributed by atoms with van der Waals surface area (Å²) in [7, 11) is 0. The fourth-order valence-corrected chi connectivity index (χ4v) is 7.74. The number of aryl methyl sites for hydroxylation is 2. The lowest BCUT2D eigenvalue weighted by atomic mass is 9.96. The molecule has 3 aromatic heterocycles. The number of carbonyl (C=O) groups is 2. The number of aliphatic hydroxyl groups is 1. The summed E-state index contributed by atoms with van der Waals surface area (Å²) in [6, 6.07) is 24.3. The van der Waals surface area contributed by atoms with Crippen LogP contribution in [0.1, 0.15) is 34.1 Å². The minimum Gasteiger partial charge on any atom is -0.505 e. The highest BCUT2D eigenvalue weighted by Gasteiger charge is 2.49. The molecule has 0 spiro atoms. The molecule has 1 unspecified atom stereocenters. The van der Waals surface area contributed by atoms with E-state index in [2.05, 4.69) is 46.0 Å². The van der Waals surface area contributed by atoms with Crippen molar-refractivity contribution in [3.05, 3.63) is 131 Å². The second kappa shape index (κ2) is 12.5. The predicted octanol–water partition coefficient (Wildman–Crippen LogP) is 7.44. The second-order valence-electron chi connectivity index (χ2n) is 11.0. The summed E-state index contributed by atoms with van der Waals surface area (Å²) in [6.45, 7) is 7.72. The Morgan fingerprint density at radius 3 is 2.68 bits per heavy atom. The van der Waals surface area contributed by atoms with E-state index in [1.807, 2.05) is 54.8 Å². The zero-order valence-corrected chi connectivity index (χ0v) is 27.2. The number of pyridine rings is 1. The highest BCUT2D eigenvalue weighted by molar-refractivity contribution is 8.00. The Balaban J connectivity index is 1.30. The summed E-state index contributed by atoms with van der Waals surface area (Å²) in [4.78, 5) is 33.7. The van der Waals surface area contributed by atoms with Crippen LogP contribution in [-0.2, 0) is 15.3 Å². The molecule has 3 aromatic carbocycles. The summed E-state index contributed by atoms with van der Waals surface area (Å²) >= 11 is 2.73. The lowest BCUT2D eigenvalue weighted by Gasteiger charge is -2.22. The smallest absolute Gasteiger partial charge is 0.301 e. The van der Waals surface area contributed by atoms with Gasteiger partial charge in [-0.25, -0.2) is 4.98 Å². The maximum absolute atomic E-state index is 13.8. The molecule has 7 rings (SSSR count). The van der Waals surface area contributed by atoms with Crippen molar-refractivity contribution in [2.24, 2.45) is 0 Å². The first kappa shape index (κ1) is 30.4. The Kier molecular flexibility index (Phi) is 8.09. The van der Waals surface area contributed by atoms with Gasteiger partial charge >= 0.3 is 5.91 Å². The Bertz CT molecular complexity index is 2230. The van der Waals surface area contributed by atoms with Crippen LogP contribution in [0.25, 0.3) is 22.2 Å². The molecule has 234 valence electrons. The number of imidazole rings is 1. The normalized spacial score (nSPS) is 16.0. The van der Waals surface area contributed by atoms with Crippen LogP contribution in [-0.4, -0.2) is 43.0 Å². The van der Waals surface area contributed by atoms with E-state index in [0.717, 1.165) is 21.9 Å². The van der Waals surface area contributed by atoms with E-state index in [-0.39, 0.29) is 28.8 Å². The van der Waals surface area contributed by atoms with Crippen molar-refractivity contribution in [1.29, 1.82) is 0 Å². The quantitative estimate of drug-likeness (QED) is 0.0426. The van der Waals surface area contributed by atoms with Gasteiger partial charge in [0.2, 0.25) is 5.13 Å². The number of hydrogen-bond acceptors (Lipinski definition) is 9. The van der Waals surface area contributed by atoms with Crippen LogP contribution in [0.5, 0.6) is 5.75 Å². The van der Waals surface area contributed by atoms with Gasteiger partial charge in [-0.3, -0.25) is 14.5 Å². The van der Waals surface area contributed by atoms with E-state index in [1.54, 1.807) is 30.3 Å². The minimum atomic E-state index is -1.00. The maximum Gasteiger partial charge on any atom is 0.301 e. The lowest BCUT2D eigenvalue weighted by Crippen LogP contribution is -2.29. The summed E-state index contributed by atoms with van der Waals surface area (Å²) in [5.74, 6) is -0.834. The maximum atomic E-state index is 13.8. The zero-order valence-electron chi connectivity index (χ0n) is 25.6. The number of aliphatic hydroxyl groups excluding tert-OH is 1. The molecule has 0 radical (unpaired) electrons. The molecular weight excluding hydrogens is 631 g/mol. The first-order valence-corrected chi connectivity index (χ1v) is 16.7. The SMILES string of the molecule is C=CCOc1cccc(C2/C(=C(\O)c3nc4c(C)cccn4c3C)C(=O)C(=O)N2c2nnc(SCc3cccc4ccccc34)s2)c1. The third-order valence-corrected chi connectivity index (χ3v) is 10.2. The van der Waals surface area contributed by atoms with E-state index >= 15 is 0 Å². The molecule has 0 bridgehead atoms. The van der Waals surface area contributed by atoms with Gasteiger partial charge in [-0.2, -0.15) is 0 Å². The van der Waals surface area contributed by atoms with Gasteiger partial charge in [0.15, 0.2) is 10.1 Å². The summed E-state index contributed by atoms with van der Waals surface area (Å²) in [6.07, 6.45) is 3.47. The number of aromatic nitrogens is 4. The van der Waals surface area contributed by atoms with Gasteiger partial charge in [-0.15, -0.1) is 10.2 Å². The van der Waals surface area contributed by atoms with Crippen molar-refractivity contribution in [2.45, 2.75) is 30.0 Å². The van der Waals surface area contributed by atoms with E-state index in [4.69, 9.17) is 4.74 Å². The van der Waals surface area contributed by atoms with Crippen LogP contribution >= 0.6 is 23.1 Å². The van der Waals surface area contributed by atoms with Crippen molar-refractivity contribution >= 4 is 62.1 Å². The second-order valence-corrected chi connectivity index (χ2v) is 13.2. The molecule has 1 fully saturated rings. The Morgan fingerprint density at radius 1 is 1.04 bits per heavy atom. The molecule has 1 atom stereocenters. The van der Waals surface area contributed by atoms with E-state index < -0.39 is 17.7 Å². The van der Waals surface area contributed by atoms with Crippen LogP contribution < -0.4 is 9.64 Å². The van der Waals surface area contributed by atoms with Crippen LogP contribution in [0.2, 0.25) is 0 Å². The summed E-state index contributed by atoms with van der Waals surface area (Å²) in [5, 5.41) is 23.1. The number of anilines is 1. The predicted molar refractivity (Wildman–Crippen MR) is 185 cm³/mol. The van der Waals surface area contributed by atoms with Crippen molar-refractivity contribution in [2.75, 3.05) is 11.5 Å². The Labute approximate surface area is 278 Å². The van der Waals surface area contributed by atoms with Crippen molar-refractivity contribution in [3.8, 4) is 5.75 Å². The first-order valence-electron chi connectivity index (χ1n) is 14.9. The molecule has 4 heterocycles. The Morgan fingerprint density at radius 2 is 1.85 bits per heavy atom. The number of nitrogens with zero attached hydrogens (tertiary/aromatic N) is 5. The molecule has 0 saturated carbocycles. The zero-order chi connectivity index (χ0) is 32.7. The Hall–Kier alpha value is -5.26. The number of thioether (sulfide) groups is 1. The topological polar surface area (TPSA) is 110 Å². The number of ketones is 1. The van der Waals surface area contributed by atoms with Gasteiger partial charge in [0, 0.05) is 11.9 Å². The summed E-state index contributed by atoms with van der Waals surface area (Å²) < 4.78 is 8.27. The average molecular weight is 660 g/mol. The number of fused-ring (bicyclic) bond motifs is 2. The summed E-state index contributed by atoms with van der Waals surface area (Å²) in [5.41, 5.74) is 4.04. The van der Waals surface area contributed by atoms with Crippen molar-refractivity contribution in [1.82, 2.24) is 19.6 Å². The molecule has 1 saturated heterocycles. The molecule has 11 heteroatoms. The van der Waals surface area contributed by atoms with Gasteiger partial charge in [0.1, 0.15) is 23.7 Å². The third kappa shape index (κ3) is 5.47. The molecule has 1 aliphatic rings. The fraction of sp³-hybridized carbons (Fsp3) is 0.139. The number of benzene rings is 3. The number of rotatable bonds is 9. The molecular formula is C36H29N5O4S2. The molecule has 1 amide bonds. The number of amides is 1. The average Bonchev–Trinajstić information content (AvgIpc) is 3.77. The molecule has 6 aromatic rings. The fourth-order valence-electron chi connectivity index (χ4n) is 5.86.